The molecule has 14 heavy (non-hydrogen) atoms. The van der Waals surface area contributed by atoms with Crippen molar-refractivity contribution in [3.05, 3.63) is 59.7 Å². The van der Waals surface area contributed by atoms with E-state index in [1.54, 1.807) is 0 Å². The summed E-state index contributed by atoms with van der Waals surface area (Å²) < 4.78 is 0. The van der Waals surface area contributed by atoms with Crippen LogP contribution in [0.3, 0.4) is 0 Å². The zero-order valence-electron chi connectivity index (χ0n) is 7.75. The van der Waals surface area contributed by atoms with E-state index in [0.717, 1.165) is 6.42 Å². The van der Waals surface area contributed by atoms with Crippen LogP contribution in [0.1, 0.15) is 11.1 Å². The van der Waals surface area contributed by atoms with Gasteiger partial charge in [-0.15, -0.1) is 5.56 Å². The van der Waals surface area contributed by atoms with Gasteiger partial charge in [0, 0.05) is 40.8 Å². The summed E-state index contributed by atoms with van der Waals surface area (Å²) in [6, 6.07) is 18.1. The molecule has 0 saturated heterocycles. The molecule has 0 aliphatic heterocycles. The second-order valence-electron chi connectivity index (χ2n) is 3.40. The normalized spacial score (nSPS) is 11.4. The van der Waals surface area contributed by atoms with E-state index in [9.17, 15) is 0 Å². The Morgan fingerprint density at radius 3 is 2.64 bits per heavy atom. The average Bonchev–Trinajstić information content (AvgIpc) is 2.56. The molecule has 0 saturated carbocycles. The van der Waals surface area contributed by atoms with E-state index in [-0.39, 0.29) is 40.8 Å². The van der Waals surface area contributed by atoms with Crippen molar-refractivity contribution in [3.8, 4) is 11.1 Å². The van der Waals surface area contributed by atoms with Gasteiger partial charge in [0.2, 0.25) is 0 Å². The standard InChI is InChI=1S/C13H9.Nd/c1-3-7-12-10(5-1)9-11-6-2-4-8-13(11)12;/h1-5,7-8H,9H2;/q-1;. The minimum absolute atomic E-state index is 0. The predicted molar refractivity (Wildman–Crippen MR) is 53.5 cm³/mol. The van der Waals surface area contributed by atoms with Gasteiger partial charge in [-0.1, -0.05) is 35.4 Å². The van der Waals surface area contributed by atoms with E-state index in [4.69, 9.17) is 0 Å². The fraction of sp³-hybridized carbons (Fsp3) is 0.0769. The molecule has 2 aromatic carbocycles. The maximum absolute atomic E-state index is 3.30. The molecule has 0 bridgehead atoms. The summed E-state index contributed by atoms with van der Waals surface area (Å²) in [5.74, 6) is 0. The number of rotatable bonds is 0. The van der Waals surface area contributed by atoms with Crippen LogP contribution < -0.4 is 0 Å². The summed E-state index contributed by atoms with van der Waals surface area (Å²) in [7, 11) is 0. The third kappa shape index (κ3) is 1.55. The van der Waals surface area contributed by atoms with Crippen LogP contribution in [-0.4, -0.2) is 0 Å². The van der Waals surface area contributed by atoms with Crippen LogP contribution in [0.15, 0.2) is 42.5 Å². The van der Waals surface area contributed by atoms with E-state index < -0.39 is 0 Å². The Morgan fingerprint density at radius 1 is 0.929 bits per heavy atom. The summed E-state index contributed by atoms with van der Waals surface area (Å²) >= 11 is 0. The van der Waals surface area contributed by atoms with Crippen LogP contribution in [0.25, 0.3) is 11.1 Å². The first-order valence-electron chi connectivity index (χ1n) is 4.53. The van der Waals surface area contributed by atoms with Gasteiger partial charge in [-0.3, -0.25) is 0 Å². The van der Waals surface area contributed by atoms with E-state index in [2.05, 4.69) is 42.5 Å². The van der Waals surface area contributed by atoms with Gasteiger partial charge >= 0.3 is 0 Å². The molecule has 1 heteroatoms. The quantitative estimate of drug-likeness (QED) is 0.560. The summed E-state index contributed by atoms with van der Waals surface area (Å²) in [6.07, 6.45) is 1.05. The Balaban J connectivity index is 0.000000750. The van der Waals surface area contributed by atoms with Crippen molar-refractivity contribution in [2.45, 2.75) is 6.42 Å². The van der Waals surface area contributed by atoms with Crippen LogP contribution in [0, 0.1) is 46.9 Å². The number of benzene rings is 2. The Bertz CT molecular complexity index is 417. The molecule has 66 valence electrons. The van der Waals surface area contributed by atoms with Crippen molar-refractivity contribution in [3.63, 3.8) is 0 Å². The Morgan fingerprint density at radius 2 is 1.71 bits per heavy atom. The molecule has 0 unspecified atom stereocenters. The van der Waals surface area contributed by atoms with Crippen LogP contribution >= 0.6 is 0 Å². The first-order valence-corrected chi connectivity index (χ1v) is 4.53. The minimum Gasteiger partial charge on any atom is -0.179 e. The number of hydrogen-bond acceptors (Lipinski definition) is 0. The molecule has 3 rings (SSSR count). The molecule has 1 aliphatic rings. The van der Waals surface area contributed by atoms with Gasteiger partial charge in [-0.2, -0.15) is 29.8 Å². The number of hydrogen-bond donors (Lipinski definition) is 0. The largest absolute Gasteiger partial charge is 0.179 e. The first kappa shape index (κ1) is 10.3. The third-order valence-electron chi connectivity index (χ3n) is 2.62. The molecule has 0 fully saturated rings. The molecule has 0 atom stereocenters. The predicted octanol–water partition coefficient (Wildman–Crippen LogP) is 3.06. The Kier molecular flexibility index (Phi) is 3.03. The zero-order chi connectivity index (χ0) is 8.67. The molecule has 0 aromatic heterocycles. The first-order chi connectivity index (χ1) is 6.45. The van der Waals surface area contributed by atoms with Crippen molar-refractivity contribution >= 4 is 0 Å². The monoisotopic (exact) mass is 307 g/mol. The molecule has 0 heterocycles. The zero-order valence-corrected chi connectivity index (χ0v) is 11.0. The minimum atomic E-state index is 0. The van der Waals surface area contributed by atoms with Crippen LogP contribution in [0.4, 0.5) is 0 Å². The van der Waals surface area contributed by atoms with Crippen molar-refractivity contribution in [1.29, 1.82) is 0 Å². The second kappa shape index (κ2) is 4.11. The summed E-state index contributed by atoms with van der Waals surface area (Å²) in [4.78, 5) is 0. The van der Waals surface area contributed by atoms with Crippen molar-refractivity contribution < 1.29 is 40.8 Å². The molecular formula is C13H9Nd-. The Labute approximate surface area is 117 Å². The topological polar surface area (TPSA) is 0 Å². The van der Waals surface area contributed by atoms with Gasteiger partial charge in [0.05, 0.1) is 0 Å². The van der Waals surface area contributed by atoms with E-state index >= 15 is 0 Å². The van der Waals surface area contributed by atoms with Gasteiger partial charge < -0.3 is 0 Å². The smallest absolute Gasteiger partial charge is 0 e. The third-order valence-corrected chi connectivity index (χ3v) is 2.62. The fourth-order valence-corrected chi connectivity index (χ4v) is 2.00. The van der Waals surface area contributed by atoms with Crippen LogP contribution in [-0.2, 0) is 6.42 Å². The van der Waals surface area contributed by atoms with Crippen molar-refractivity contribution in [2.75, 3.05) is 0 Å². The van der Waals surface area contributed by atoms with E-state index in [1.807, 2.05) is 6.07 Å². The SMILES string of the molecule is [Nd].[c-]1cccc2c1Cc1ccccc1-2. The molecule has 2 aromatic rings. The van der Waals surface area contributed by atoms with Gasteiger partial charge in [0.1, 0.15) is 0 Å². The fourth-order valence-electron chi connectivity index (χ4n) is 2.00. The van der Waals surface area contributed by atoms with Gasteiger partial charge in [0.15, 0.2) is 0 Å². The van der Waals surface area contributed by atoms with E-state index in [0.29, 0.717) is 0 Å². The number of fused-ring (bicyclic) bond motifs is 3. The average molecular weight is 309 g/mol. The molecule has 0 nitrogen and oxygen atoms in total. The maximum atomic E-state index is 3.30. The van der Waals surface area contributed by atoms with Gasteiger partial charge in [0.25, 0.3) is 0 Å². The molecule has 0 N–H and O–H groups in total. The van der Waals surface area contributed by atoms with E-state index in [1.165, 1.54) is 22.3 Å². The summed E-state index contributed by atoms with van der Waals surface area (Å²) in [6.45, 7) is 0. The molecule has 0 radical (unpaired) electrons. The van der Waals surface area contributed by atoms with Crippen LogP contribution in [0.5, 0.6) is 0 Å². The molecule has 0 spiro atoms. The second-order valence-corrected chi connectivity index (χ2v) is 3.40. The van der Waals surface area contributed by atoms with Crippen molar-refractivity contribution in [1.82, 2.24) is 0 Å². The van der Waals surface area contributed by atoms with Crippen molar-refractivity contribution in [2.24, 2.45) is 0 Å². The summed E-state index contributed by atoms with van der Waals surface area (Å²) in [5.41, 5.74) is 5.51. The van der Waals surface area contributed by atoms with Gasteiger partial charge in [-0.25, -0.2) is 0 Å². The molecular weight excluding hydrogens is 300 g/mol. The summed E-state index contributed by atoms with van der Waals surface area (Å²) in [5, 5.41) is 0. The van der Waals surface area contributed by atoms with Gasteiger partial charge in [-0.05, 0) is 6.42 Å². The maximum Gasteiger partial charge on any atom is 0 e. The molecule has 0 amide bonds. The Hall–Kier alpha value is -0.209. The molecule has 1 aliphatic carbocycles. The van der Waals surface area contributed by atoms with Crippen LogP contribution in [0.2, 0.25) is 0 Å².